The molecule has 12 heteroatoms. The number of hydrogen-bond donors (Lipinski definition) is 2. The molecule has 1 amide bonds. The summed E-state index contributed by atoms with van der Waals surface area (Å²) in [4.78, 5) is 29.6. The molecular formula is C10H8F3N5O3S. The molecule has 0 aliphatic carbocycles. The fourth-order valence-corrected chi connectivity index (χ4v) is 2.28. The van der Waals surface area contributed by atoms with Crippen LogP contribution in [0.25, 0.3) is 0 Å². The highest BCUT2D eigenvalue weighted by atomic mass is 32.1. The summed E-state index contributed by atoms with van der Waals surface area (Å²) in [6, 6.07) is 0. The summed E-state index contributed by atoms with van der Waals surface area (Å²) in [5.74, 6) is -3.29. The highest BCUT2D eigenvalue weighted by molar-refractivity contribution is 7.16. The van der Waals surface area contributed by atoms with Crippen molar-refractivity contribution in [2.75, 3.05) is 5.32 Å². The molecule has 2 aromatic rings. The van der Waals surface area contributed by atoms with Crippen LogP contribution in [0.4, 0.5) is 18.3 Å². The Balaban J connectivity index is 2.03. The van der Waals surface area contributed by atoms with Crippen molar-refractivity contribution in [2.24, 2.45) is 0 Å². The van der Waals surface area contributed by atoms with Crippen LogP contribution >= 0.6 is 11.3 Å². The minimum absolute atomic E-state index is 0.0380. The number of carboxylic acid groups (broad SMARTS) is 1. The number of thiazole rings is 1. The summed E-state index contributed by atoms with van der Waals surface area (Å²) in [7, 11) is 0. The largest absolute Gasteiger partial charge is 0.476 e. The standard InChI is InChI=1S/C10H8F3N5O3S/c1-4-6(7(20)21)16-9(22-4)15-5(19)2-18-3-14-8(17-18)10(11,12)13/h3H,2H2,1H3,(H,20,21)(H,15,16,19). The molecule has 0 bridgehead atoms. The number of aryl methyl sites for hydroxylation is 1. The molecule has 0 fully saturated rings. The quantitative estimate of drug-likeness (QED) is 0.874. The van der Waals surface area contributed by atoms with Crippen LogP contribution in [0.1, 0.15) is 21.2 Å². The first-order valence-electron chi connectivity index (χ1n) is 5.64. The Labute approximate surface area is 124 Å². The Hall–Kier alpha value is -2.50. The lowest BCUT2D eigenvalue weighted by atomic mass is 10.4. The second kappa shape index (κ2) is 5.71. The van der Waals surface area contributed by atoms with E-state index in [0.717, 1.165) is 22.3 Å². The number of carbonyl (C=O) groups excluding carboxylic acids is 1. The molecule has 0 aliphatic rings. The number of anilines is 1. The molecule has 118 valence electrons. The predicted octanol–water partition coefficient (Wildman–Crippen LogP) is 1.40. The molecular weight excluding hydrogens is 327 g/mol. The fraction of sp³-hybridized carbons (Fsp3) is 0.300. The summed E-state index contributed by atoms with van der Waals surface area (Å²) in [6.07, 6.45) is -3.91. The van der Waals surface area contributed by atoms with Crippen LogP contribution in [0.2, 0.25) is 0 Å². The van der Waals surface area contributed by atoms with Gasteiger partial charge < -0.3 is 10.4 Å². The zero-order valence-electron chi connectivity index (χ0n) is 10.9. The molecule has 0 spiro atoms. The first-order valence-corrected chi connectivity index (χ1v) is 6.45. The van der Waals surface area contributed by atoms with Crippen LogP contribution in [0, 0.1) is 6.92 Å². The second-order valence-electron chi connectivity index (χ2n) is 4.04. The van der Waals surface area contributed by atoms with Gasteiger partial charge in [-0.1, -0.05) is 0 Å². The van der Waals surface area contributed by atoms with Gasteiger partial charge in [-0.3, -0.25) is 4.79 Å². The Bertz CT molecular complexity index is 724. The van der Waals surface area contributed by atoms with Crippen molar-refractivity contribution in [1.82, 2.24) is 19.7 Å². The molecule has 22 heavy (non-hydrogen) atoms. The third-order valence-electron chi connectivity index (χ3n) is 2.34. The van der Waals surface area contributed by atoms with Gasteiger partial charge in [0.05, 0.1) is 0 Å². The molecule has 2 N–H and O–H groups in total. The summed E-state index contributed by atoms with van der Waals surface area (Å²) >= 11 is 0.942. The number of aromatic carboxylic acids is 1. The third-order valence-corrected chi connectivity index (χ3v) is 3.23. The number of rotatable bonds is 4. The normalized spacial score (nSPS) is 11.5. The number of carbonyl (C=O) groups is 2. The van der Waals surface area contributed by atoms with Crippen LogP contribution in [-0.2, 0) is 17.5 Å². The molecule has 0 saturated carbocycles. The third kappa shape index (κ3) is 3.58. The highest BCUT2D eigenvalue weighted by Crippen LogP contribution is 2.25. The number of alkyl halides is 3. The lowest BCUT2D eigenvalue weighted by Gasteiger charge is -2.01. The van der Waals surface area contributed by atoms with E-state index in [1.807, 2.05) is 0 Å². The van der Waals surface area contributed by atoms with Gasteiger partial charge in [-0.05, 0) is 6.92 Å². The van der Waals surface area contributed by atoms with Gasteiger partial charge in [0, 0.05) is 4.88 Å². The maximum Gasteiger partial charge on any atom is 0.453 e. The fourth-order valence-electron chi connectivity index (χ4n) is 1.45. The number of halogens is 3. The van der Waals surface area contributed by atoms with E-state index in [2.05, 4.69) is 20.4 Å². The van der Waals surface area contributed by atoms with Crippen molar-refractivity contribution in [3.63, 3.8) is 0 Å². The summed E-state index contributed by atoms with van der Waals surface area (Å²) in [5.41, 5.74) is -0.194. The highest BCUT2D eigenvalue weighted by Gasteiger charge is 2.35. The van der Waals surface area contributed by atoms with Gasteiger partial charge in [0.15, 0.2) is 10.8 Å². The van der Waals surface area contributed by atoms with Gasteiger partial charge in [-0.25, -0.2) is 19.4 Å². The van der Waals surface area contributed by atoms with Crippen molar-refractivity contribution in [1.29, 1.82) is 0 Å². The molecule has 8 nitrogen and oxygen atoms in total. The Morgan fingerprint density at radius 2 is 2.14 bits per heavy atom. The first-order chi connectivity index (χ1) is 10.2. The van der Waals surface area contributed by atoms with Crippen molar-refractivity contribution < 1.29 is 27.9 Å². The molecule has 0 saturated heterocycles. The van der Waals surface area contributed by atoms with Crippen molar-refractivity contribution in [3.05, 3.63) is 22.7 Å². The van der Waals surface area contributed by atoms with E-state index < -0.39 is 30.4 Å². The van der Waals surface area contributed by atoms with Gasteiger partial charge in [0.1, 0.15) is 12.9 Å². The average molecular weight is 335 g/mol. The second-order valence-corrected chi connectivity index (χ2v) is 5.24. The van der Waals surface area contributed by atoms with Gasteiger partial charge in [0.25, 0.3) is 5.82 Å². The van der Waals surface area contributed by atoms with Gasteiger partial charge >= 0.3 is 12.1 Å². The lowest BCUT2D eigenvalue weighted by molar-refractivity contribution is -0.145. The van der Waals surface area contributed by atoms with Crippen molar-refractivity contribution in [3.8, 4) is 0 Å². The number of hydrogen-bond acceptors (Lipinski definition) is 6. The maximum atomic E-state index is 12.3. The number of nitrogens with one attached hydrogen (secondary N) is 1. The summed E-state index contributed by atoms with van der Waals surface area (Å²) in [6.45, 7) is 1.01. The van der Waals surface area contributed by atoms with Crippen LogP contribution in [0.5, 0.6) is 0 Å². The molecule has 2 rings (SSSR count). The van der Waals surface area contributed by atoms with E-state index >= 15 is 0 Å². The maximum absolute atomic E-state index is 12.3. The smallest absolute Gasteiger partial charge is 0.453 e. The van der Waals surface area contributed by atoms with Crippen LogP contribution < -0.4 is 5.32 Å². The molecule has 2 heterocycles. The minimum Gasteiger partial charge on any atom is -0.476 e. The molecule has 0 radical (unpaired) electrons. The first kappa shape index (κ1) is 15.9. The van der Waals surface area contributed by atoms with Crippen LogP contribution in [0.3, 0.4) is 0 Å². The van der Waals surface area contributed by atoms with Gasteiger partial charge in [0.2, 0.25) is 5.91 Å². The average Bonchev–Trinajstić information content (AvgIpc) is 2.95. The Kier molecular flexibility index (Phi) is 4.12. The van der Waals surface area contributed by atoms with E-state index in [0.29, 0.717) is 4.88 Å². The predicted molar refractivity (Wildman–Crippen MR) is 67.5 cm³/mol. The monoisotopic (exact) mass is 335 g/mol. The number of amides is 1. The lowest BCUT2D eigenvalue weighted by Crippen LogP contribution is -2.19. The van der Waals surface area contributed by atoms with E-state index in [1.54, 1.807) is 0 Å². The topological polar surface area (TPSA) is 110 Å². The van der Waals surface area contributed by atoms with Gasteiger partial charge in [-0.2, -0.15) is 13.2 Å². The molecule has 0 atom stereocenters. The summed E-state index contributed by atoms with van der Waals surface area (Å²) in [5, 5.41) is 14.3. The molecule has 0 aliphatic heterocycles. The van der Waals surface area contributed by atoms with Crippen LogP contribution in [-0.4, -0.2) is 36.7 Å². The van der Waals surface area contributed by atoms with E-state index in [4.69, 9.17) is 5.11 Å². The molecule has 2 aromatic heterocycles. The zero-order valence-corrected chi connectivity index (χ0v) is 11.7. The van der Waals surface area contributed by atoms with E-state index in [-0.39, 0.29) is 10.8 Å². The van der Waals surface area contributed by atoms with E-state index in [1.165, 1.54) is 6.92 Å². The number of carboxylic acids is 1. The van der Waals surface area contributed by atoms with Crippen LogP contribution in [0.15, 0.2) is 6.33 Å². The number of aromatic nitrogens is 4. The Morgan fingerprint density at radius 1 is 1.45 bits per heavy atom. The minimum atomic E-state index is -4.69. The molecule has 0 aromatic carbocycles. The van der Waals surface area contributed by atoms with E-state index in [9.17, 15) is 22.8 Å². The van der Waals surface area contributed by atoms with Crippen molar-refractivity contribution >= 4 is 28.3 Å². The van der Waals surface area contributed by atoms with Gasteiger partial charge in [-0.15, -0.1) is 16.4 Å². The Morgan fingerprint density at radius 3 is 2.64 bits per heavy atom. The number of nitrogens with zero attached hydrogens (tertiary/aromatic N) is 4. The summed E-state index contributed by atoms with van der Waals surface area (Å²) < 4.78 is 37.6. The van der Waals surface area contributed by atoms with Crippen molar-refractivity contribution in [2.45, 2.75) is 19.6 Å². The molecule has 0 unspecified atom stereocenters. The zero-order chi connectivity index (χ0) is 16.5. The SMILES string of the molecule is Cc1sc(NC(=O)Cn2cnc(C(F)(F)F)n2)nc1C(=O)O.